The third-order valence-electron chi connectivity index (χ3n) is 5.11. The molecule has 0 radical (unpaired) electrons. The van der Waals surface area contributed by atoms with Crippen LogP contribution in [0.15, 0.2) is 4.99 Å². The number of unbranched alkanes of at least 4 members (excludes halogenated alkanes) is 3. The predicted octanol–water partition coefficient (Wildman–Crippen LogP) is 4.00. The first-order chi connectivity index (χ1) is 11.2. The highest BCUT2D eigenvalue weighted by Crippen LogP contribution is 2.31. The Balaban J connectivity index is 0.00000288. The van der Waals surface area contributed by atoms with E-state index in [9.17, 15) is 0 Å². The Kier molecular flexibility index (Phi) is 11.3. The van der Waals surface area contributed by atoms with Crippen molar-refractivity contribution >= 4 is 29.9 Å². The molecule has 2 atom stereocenters. The van der Waals surface area contributed by atoms with Crippen molar-refractivity contribution in [2.75, 3.05) is 26.2 Å². The molecule has 142 valence electrons. The van der Waals surface area contributed by atoms with Crippen LogP contribution < -0.4 is 10.6 Å². The zero-order valence-electron chi connectivity index (χ0n) is 16.0. The van der Waals surface area contributed by atoms with E-state index in [1.165, 1.54) is 64.5 Å². The Labute approximate surface area is 166 Å². The molecule has 0 aromatic carbocycles. The van der Waals surface area contributed by atoms with Crippen molar-refractivity contribution in [2.24, 2.45) is 10.9 Å². The third kappa shape index (κ3) is 8.37. The summed E-state index contributed by atoms with van der Waals surface area (Å²) in [4.78, 5) is 7.54. The minimum atomic E-state index is 0. The molecule has 0 aromatic heterocycles. The SMILES string of the molecule is CCCCCCC(C)NC(=NCC1CCN(C2CC2)C1)NCC.I. The van der Waals surface area contributed by atoms with Gasteiger partial charge >= 0.3 is 0 Å². The minimum Gasteiger partial charge on any atom is -0.357 e. The summed E-state index contributed by atoms with van der Waals surface area (Å²) in [6, 6.07) is 1.43. The topological polar surface area (TPSA) is 39.7 Å². The van der Waals surface area contributed by atoms with Crippen LogP contribution in [-0.2, 0) is 0 Å². The summed E-state index contributed by atoms with van der Waals surface area (Å²) in [7, 11) is 0. The van der Waals surface area contributed by atoms with Gasteiger partial charge in [0.2, 0.25) is 0 Å². The Morgan fingerprint density at radius 3 is 2.62 bits per heavy atom. The Morgan fingerprint density at radius 2 is 1.96 bits per heavy atom. The highest BCUT2D eigenvalue weighted by Gasteiger charge is 2.34. The number of hydrogen-bond donors (Lipinski definition) is 2. The number of nitrogens with one attached hydrogen (secondary N) is 2. The van der Waals surface area contributed by atoms with E-state index >= 15 is 0 Å². The number of rotatable bonds is 10. The molecule has 1 saturated carbocycles. The van der Waals surface area contributed by atoms with Gasteiger partial charge in [-0.05, 0) is 52.0 Å². The molecule has 2 aliphatic rings. The second-order valence-corrected chi connectivity index (χ2v) is 7.50. The van der Waals surface area contributed by atoms with Crippen LogP contribution >= 0.6 is 24.0 Å². The van der Waals surface area contributed by atoms with E-state index in [2.05, 4.69) is 36.3 Å². The lowest BCUT2D eigenvalue weighted by Crippen LogP contribution is -2.42. The van der Waals surface area contributed by atoms with Gasteiger partial charge in [-0.1, -0.05) is 32.6 Å². The van der Waals surface area contributed by atoms with Crippen molar-refractivity contribution in [3.63, 3.8) is 0 Å². The predicted molar refractivity (Wildman–Crippen MR) is 115 cm³/mol. The maximum absolute atomic E-state index is 4.86. The van der Waals surface area contributed by atoms with Crippen LogP contribution in [-0.4, -0.2) is 49.1 Å². The second kappa shape index (κ2) is 12.3. The van der Waals surface area contributed by atoms with Crippen molar-refractivity contribution in [3.05, 3.63) is 0 Å². The molecule has 4 nitrogen and oxygen atoms in total. The first-order valence-electron chi connectivity index (χ1n) is 10.0. The van der Waals surface area contributed by atoms with Crippen molar-refractivity contribution < 1.29 is 0 Å². The zero-order valence-corrected chi connectivity index (χ0v) is 18.4. The van der Waals surface area contributed by atoms with Crippen LogP contribution in [0, 0.1) is 5.92 Å². The molecular formula is C19H39IN4. The van der Waals surface area contributed by atoms with Gasteiger partial charge in [-0.15, -0.1) is 24.0 Å². The van der Waals surface area contributed by atoms with Crippen LogP contribution in [0.4, 0.5) is 0 Å². The molecule has 2 rings (SSSR count). The lowest BCUT2D eigenvalue weighted by molar-refractivity contribution is 0.315. The van der Waals surface area contributed by atoms with Crippen molar-refractivity contribution in [2.45, 2.75) is 84.2 Å². The quantitative estimate of drug-likeness (QED) is 0.229. The van der Waals surface area contributed by atoms with Crippen LogP contribution in [0.2, 0.25) is 0 Å². The molecule has 0 bridgehead atoms. The molecule has 5 heteroatoms. The van der Waals surface area contributed by atoms with E-state index in [0.717, 1.165) is 31.0 Å². The van der Waals surface area contributed by atoms with Crippen molar-refractivity contribution in [1.82, 2.24) is 15.5 Å². The molecule has 1 aliphatic heterocycles. The van der Waals surface area contributed by atoms with Gasteiger partial charge in [0.05, 0.1) is 0 Å². The lowest BCUT2D eigenvalue weighted by atomic mass is 10.1. The minimum absolute atomic E-state index is 0. The van der Waals surface area contributed by atoms with Crippen LogP contribution in [0.25, 0.3) is 0 Å². The van der Waals surface area contributed by atoms with Gasteiger partial charge < -0.3 is 15.5 Å². The normalized spacial score (nSPS) is 23.0. The lowest BCUT2D eigenvalue weighted by Gasteiger charge is -2.18. The Bertz CT molecular complexity index is 357. The van der Waals surface area contributed by atoms with E-state index in [4.69, 9.17) is 4.99 Å². The monoisotopic (exact) mass is 450 g/mol. The summed E-state index contributed by atoms with van der Waals surface area (Å²) >= 11 is 0. The fraction of sp³-hybridized carbons (Fsp3) is 0.947. The van der Waals surface area contributed by atoms with E-state index in [0.29, 0.717) is 6.04 Å². The van der Waals surface area contributed by atoms with Gasteiger partial charge in [0, 0.05) is 31.7 Å². The molecule has 0 aromatic rings. The largest absolute Gasteiger partial charge is 0.357 e. The zero-order chi connectivity index (χ0) is 16.5. The molecule has 2 fully saturated rings. The Morgan fingerprint density at radius 1 is 1.17 bits per heavy atom. The average Bonchev–Trinajstić information content (AvgIpc) is 3.28. The number of aliphatic imine (C=N–C) groups is 1. The average molecular weight is 450 g/mol. The van der Waals surface area contributed by atoms with E-state index in [1.807, 2.05) is 0 Å². The summed E-state index contributed by atoms with van der Waals surface area (Å²) < 4.78 is 0. The number of hydrogen-bond acceptors (Lipinski definition) is 2. The second-order valence-electron chi connectivity index (χ2n) is 7.50. The summed E-state index contributed by atoms with van der Waals surface area (Å²) in [6.07, 6.45) is 10.8. The van der Waals surface area contributed by atoms with Gasteiger partial charge in [-0.3, -0.25) is 4.99 Å². The summed E-state index contributed by atoms with van der Waals surface area (Å²) in [5.74, 6) is 1.77. The molecule has 0 spiro atoms. The molecule has 2 unspecified atom stereocenters. The number of nitrogens with zero attached hydrogens (tertiary/aromatic N) is 2. The van der Waals surface area contributed by atoms with Gasteiger partial charge in [-0.25, -0.2) is 0 Å². The summed E-state index contributed by atoms with van der Waals surface area (Å²) in [5, 5.41) is 7.00. The number of likely N-dealkylation sites (tertiary alicyclic amines) is 1. The summed E-state index contributed by atoms with van der Waals surface area (Å²) in [6.45, 7) is 11.2. The van der Waals surface area contributed by atoms with E-state index < -0.39 is 0 Å². The maximum Gasteiger partial charge on any atom is 0.191 e. The third-order valence-corrected chi connectivity index (χ3v) is 5.11. The van der Waals surface area contributed by atoms with E-state index in [-0.39, 0.29) is 24.0 Å². The molecule has 1 aliphatic carbocycles. The van der Waals surface area contributed by atoms with Crippen LogP contribution in [0.3, 0.4) is 0 Å². The maximum atomic E-state index is 4.86. The highest BCUT2D eigenvalue weighted by molar-refractivity contribution is 14.0. The molecule has 0 amide bonds. The van der Waals surface area contributed by atoms with Gasteiger partial charge in [0.15, 0.2) is 5.96 Å². The fourth-order valence-corrected chi connectivity index (χ4v) is 3.51. The van der Waals surface area contributed by atoms with Gasteiger partial charge in [-0.2, -0.15) is 0 Å². The molecule has 2 N–H and O–H groups in total. The van der Waals surface area contributed by atoms with E-state index in [1.54, 1.807) is 0 Å². The fourth-order valence-electron chi connectivity index (χ4n) is 3.51. The van der Waals surface area contributed by atoms with Crippen molar-refractivity contribution in [1.29, 1.82) is 0 Å². The van der Waals surface area contributed by atoms with Crippen LogP contribution in [0.5, 0.6) is 0 Å². The number of guanidine groups is 1. The van der Waals surface area contributed by atoms with Gasteiger partial charge in [0.25, 0.3) is 0 Å². The van der Waals surface area contributed by atoms with Crippen LogP contribution in [0.1, 0.15) is 72.1 Å². The molecule has 1 heterocycles. The smallest absolute Gasteiger partial charge is 0.191 e. The first-order valence-corrected chi connectivity index (χ1v) is 10.0. The van der Waals surface area contributed by atoms with Gasteiger partial charge in [0.1, 0.15) is 0 Å². The van der Waals surface area contributed by atoms with Crippen molar-refractivity contribution in [3.8, 4) is 0 Å². The summed E-state index contributed by atoms with van der Waals surface area (Å²) in [5.41, 5.74) is 0. The highest BCUT2D eigenvalue weighted by atomic mass is 127. The Hall–Kier alpha value is -0.0400. The molecule has 24 heavy (non-hydrogen) atoms. The standard InChI is InChI=1S/C19H38N4.HI/c1-4-6-7-8-9-16(3)22-19(20-5-2)21-14-17-12-13-23(15-17)18-10-11-18;/h16-18H,4-15H2,1-3H3,(H2,20,21,22);1H. The first kappa shape index (κ1) is 22.0. The molecular weight excluding hydrogens is 411 g/mol. The number of halogens is 1. The molecule has 1 saturated heterocycles.